The molecule has 0 unspecified atom stereocenters. The summed E-state index contributed by atoms with van der Waals surface area (Å²) in [6.07, 6.45) is -3.76. The van der Waals surface area contributed by atoms with E-state index < -0.39 is 30.2 Å². The summed E-state index contributed by atoms with van der Waals surface area (Å²) in [6.45, 7) is 1.42. The molecule has 1 fully saturated rings. The van der Waals surface area contributed by atoms with Gasteiger partial charge < -0.3 is 15.3 Å². The molecule has 11 heteroatoms. The zero-order valence-electron chi connectivity index (χ0n) is 13.0. The predicted octanol–water partition coefficient (Wildman–Crippen LogP) is 1.08. The first kappa shape index (κ1) is 19.3. The largest absolute Gasteiger partial charge is 0.480 e. The van der Waals surface area contributed by atoms with Crippen molar-refractivity contribution < 1.29 is 27.9 Å². The quantitative estimate of drug-likeness (QED) is 0.795. The summed E-state index contributed by atoms with van der Waals surface area (Å²) in [5.74, 6) is -1.26. The number of piperazine rings is 1. The summed E-state index contributed by atoms with van der Waals surface area (Å²) < 4.78 is 37.9. The summed E-state index contributed by atoms with van der Waals surface area (Å²) in [7, 11) is 0. The number of alkyl halides is 3. The van der Waals surface area contributed by atoms with Crippen molar-refractivity contribution >= 4 is 29.3 Å². The SMILES string of the molecule is O=C(O)CNC(=O)CN1CCN(c2ncc(C(F)(F)F)cc2Cl)CC1. The Morgan fingerprint density at radius 2 is 1.92 bits per heavy atom. The van der Waals surface area contributed by atoms with E-state index in [9.17, 15) is 22.8 Å². The van der Waals surface area contributed by atoms with E-state index >= 15 is 0 Å². The maximum atomic E-state index is 12.6. The first-order chi connectivity index (χ1) is 11.7. The topological polar surface area (TPSA) is 85.8 Å². The Bertz CT molecular complexity index is 649. The highest BCUT2D eigenvalue weighted by Crippen LogP contribution is 2.33. The molecule has 1 amide bonds. The van der Waals surface area contributed by atoms with Crippen LogP contribution in [0.2, 0.25) is 5.02 Å². The number of aromatic nitrogens is 1. The molecule has 7 nitrogen and oxygen atoms in total. The van der Waals surface area contributed by atoms with Crippen LogP contribution in [0.1, 0.15) is 5.56 Å². The van der Waals surface area contributed by atoms with Crippen LogP contribution < -0.4 is 10.2 Å². The average molecular weight is 381 g/mol. The predicted molar refractivity (Wildman–Crippen MR) is 83.5 cm³/mol. The summed E-state index contributed by atoms with van der Waals surface area (Å²) in [5, 5.41) is 10.7. The molecule has 1 aliphatic rings. The molecule has 1 aromatic rings. The summed E-state index contributed by atoms with van der Waals surface area (Å²) in [5.41, 5.74) is -0.907. The van der Waals surface area contributed by atoms with Gasteiger partial charge in [-0.15, -0.1) is 0 Å². The molecule has 2 rings (SSSR count). The Labute approximate surface area is 146 Å². The van der Waals surface area contributed by atoms with E-state index in [2.05, 4.69) is 10.3 Å². The number of carboxylic acids is 1. The zero-order chi connectivity index (χ0) is 18.6. The third-order valence-electron chi connectivity index (χ3n) is 3.62. The second kappa shape index (κ2) is 7.87. The van der Waals surface area contributed by atoms with Gasteiger partial charge in [0.2, 0.25) is 5.91 Å². The van der Waals surface area contributed by atoms with E-state index in [-0.39, 0.29) is 17.4 Å². The van der Waals surface area contributed by atoms with Gasteiger partial charge in [-0.2, -0.15) is 13.2 Å². The third-order valence-corrected chi connectivity index (χ3v) is 3.90. The number of nitrogens with zero attached hydrogens (tertiary/aromatic N) is 3. The van der Waals surface area contributed by atoms with E-state index in [1.54, 1.807) is 4.90 Å². The minimum Gasteiger partial charge on any atom is -0.480 e. The fourth-order valence-electron chi connectivity index (χ4n) is 2.37. The second-order valence-electron chi connectivity index (χ2n) is 5.46. The number of halogens is 4. The minimum absolute atomic E-state index is 0.0509. The molecule has 2 N–H and O–H groups in total. The van der Waals surface area contributed by atoms with Crippen molar-refractivity contribution in [2.45, 2.75) is 6.18 Å². The minimum atomic E-state index is -4.50. The fourth-order valence-corrected chi connectivity index (χ4v) is 2.66. The lowest BCUT2D eigenvalue weighted by Crippen LogP contribution is -2.50. The van der Waals surface area contributed by atoms with E-state index in [4.69, 9.17) is 16.7 Å². The van der Waals surface area contributed by atoms with Gasteiger partial charge in [0, 0.05) is 32.4 Å². The van der Waals surface area contributed by atoms with E-state index in [0.717, 1.165) is 12.3 Å². The number of aliphatic carboxylic acids is 1. The number of hydrogen-bond donors (Lipinski definition) is 2. The summed E-state index contributed by atoms with van der Waals surface area (Å²) >= 11 is 5.92. The molecule has 1 aliphatic heterocycles. The van der Waals surface area contributed by atoms with Crippen LogP contribution in [-0.2, 0) is 15.8 Å². The molecule has 25 heavy (non-hydrogen) atoms. The van der Waals surface area contributed by atoms with Gasteiger partial charge in [-0.1, -0.05) is 11.6 Å². The monoisotopic (exact) mass is 380 g/mol. The zero-order valence-corrected chi connectivity index (χ0v) is 13.8. The van der Waals surface area contributed by atoms with E-state index in [1.807, 2.05) is 4.90 Å². The normalized spacial score (nSPS) is 15.9. The number of hydrogen-bond acceptors (Lipinski definition) is 5. The molecule has 0 atom stereocenters. The van der Waals surface area contributed by atoms with Crippen molar-refractivity contribution in [2.24, 2.45) is 0 Å². The van der Waals surface area contributed by atoms with Gasteiger partial charge in [0.15, 0.2) is 0 Å². The van der Waals surface area contributed by atoms with Crippen molar-refractivity contribution in [2.75, 3.05) is 44.2 Å². The Morgan fingerprint density at radius 3 is 2.44 bits per heavy atom. The van der Waals surface area contributed by atoms with E-state index in [0.29, 0.717) is 26.2 Å². The standard InChI is InChI=1S/C14H16ClF3N4O3/c15-10-5-9(14(16,17)18)6-20-13(10)22-3-1-21(2-4-22)8-11(23)19-7-12(24)25/h5-6H,1-4,7-8H2,(H,19,23)(H,24,25). The Morgan fingerprint density at radius 1 is 1.28 bits per heavy atom. The number of carbonyl (C=O) groups is 2. The lowest BCUT2D eigenvalue weighted by molar-refractivity contribution is -0.138. The highest BCUT2D eigenvalue weighted by molar-refractivity contribution is 6.33. The lowest BCUT2D eigenvalue weighted by Gasteiger charge is -2.35. The van der Waals surface area contributed by atoms with Crippen molar-refractivity contribution in [3.63, 3.8) is 0 Å². The van der Waals surface area contributed by atoms with Crippen molar-refractivity contribution in [3.8, 4) is 0 Å². The van der Waals surface area contributed by atoms with Gasteiger partial charge in [-0.05, 0) is 6.07 Å². The maximum absolute atomic E-state index is 12.6. The number of carboxylic acid groups (broad SMARTS) is 1. The number of pyridine rings is 1. The van der Waals surface area contributed by atoms with Gasteiger partial charge in [0.1, 0.15) is 12.4 Å². The van der Waals surface area contributed by atoms with Gasteiger partial charge in [-0.25, -0.2) is 4.98 Å². The average Bonchev–Trinajstić information content (AvgIpc) is 2.53. The number of amides is 1. The van der Waals surface area contributed by atoms with Gasteiger partial charge in [-0.3, -0.25) is 14.5 Å². The first-order valence-electron chi connectivity index (χ1n) is 7.35. The van der Waals surface area contributed by atoms with Crippen LogP contribution in [0, 0.1) is 0 Å². The second-order valence-corrected chi connectivity index (χ2v) is 5.87. The van der Waals surface area contributed by atoms with Crippen molar-refractivity contribution in [3.05, 3.63) is 22.8 Å². The van der Waals surface area contributed by atoms with Crippen LogP contribution in [0.5, 0.6) is 0 Å². The van der Waals surface area contributed by atoms with Crippen LogP contribution >= 0.6 is 11.6 Å². The van der Waals surface area contributed by atoms with Gasteiger partial charge in [0.05, 0.1) is 17.1 Å². The highest BCUT2D eigenvalue weighted by Gasteiger charge is 2.32. The molecular weight excluding hydrogens is 365 g/mol. The summed E-state index contributed by atoms with van der Waals surface area (Å²) in [6, 6.07) is 0.843. The third kappa shape index (κ3) is 5.46. The number of anilines is 1. The number of carbonyl (C=O) groups excluding carboxylic acids is 1. The molecule has 0 aliphatic carbocycles. The van der Waals surface area contributed by atoms with Crippen LogP contribution in [0.15, 0.2) is 12.3 Å². The molecule has 0 saturated carbocycles. The molecule has 1 aromatic heterocycles. The molecule has 0 radical (unpaired) electrons. The molecule has 1 saturated heterocycles. The molecule has 0 aromatic carbocycles. The van der Waals surface area contributed by atoms with Crippen LogP contribution in [0.25, 0.3) is 0 Å². The van der Waals surface area contributed by atoms with Gasteiger partial charge >= 0.3 is 12.1 Å². The lowest BCUT2D eigenvalue weighted by atomic mass is 10.2. The summed E-state index contributed by atoms with van der Waals surface area (Å²) in [4.78, 5) is 29.3. The fraction of sp³-hybridized carbons (Fsp3) is 0.500. The van der Waals surface area contributed by atoms with Crippen molar-refractivity contribution in [1.82, 2.24) is 15.2 Å². The molecule has 0 spiro atoms. The molecule has 2 heterocycles. The van der Waals surface area contributed by atoms with Gasteiger partial charge in [0.25, 0.3) is 0 Å². The highest BCUT2D eigenvalue weighted by atomic mass is 35.5. The van der Waals surface area contributed by atoms with Crippen LogP contribution in [-0.4, -0.2) is 66.1 Å². The molecular formula is C14H16ClF3N4O3. The van der Waals surface area contributed by atoms with Crippen molar-refractivity contribution in [1.29, 1.82) is 0 Å². The Balaban J connectivity index is 1.90. The number of rotatable bonds is 5. The molecule has 138 valence electrons. The first-order valence-corrected chi connectivity index (χ1v) is 7.73. The maximum Gasteiger partial charge on any atom is 0.417 e. The van der Waals surface area contributed by atoms with E-state index in [1.165, 1.54) is 0 Å². The number of nitrogens with one attached hydrogen (secondary N) is 1. The van der Waals surface area contributed by atoms with Crippen LogP contribution in [0.4, 0.5) is 19.0 Å². The Hall–Kier alpha value is -2.07. The Kier molecular flexibility index (Phi) is 6.07. The van der Waals surface area contributed by atoms with Crippen LogP contribution in [0.3, 0.4) is 0 Å². The molecule has 0 bridgehead atoms. The smallest absolute Gasteiger partial charge is 0.417 e.